The van der Waals surface area contributed by atoms with Crippen LogP contribution >= 0.6 is 0 Å². The minimum Gasteiger partial charge on any atom is -0.321 e. The largest absolute Gasteiger partial charge is 0.321 e. The third-order valence-electron chi connectivity index (χ3n) is 4.01. The lowest BCUT2D eigenvalue weighted by Gasteiger charge is -2.05. The molecule has 9 heteroatoms. The second-order valence-electron chi connectivity index (χ2n) is 5.99. The van der Waals surface area contributed by atoms with E-state index < -0.39 is 15.7 Å². The first-order valence-electron chi connectivity index (χ1n) is 8.01. The van der Waals surface area contributed by atoms with Crippen LogP contribution in [-0.4, -0.2) is 40.2 Å². The number of amides is 1. The van der Waals surface area contributed by atoms with E-state index in [2.05, 4.69) is 20.5 Å². The van der Waals surface area contributed by atoms with E-state index in [0.29, 0.717) is 11.2 Å². The number of carbonyl (C=O) groups excluding carboxylic acids is 1. The summed E-state index contributed by atoms with van der Waals surface area (Å²) in [5.41, 5.74) is 2.80. The molecule has 0 unspecified atom stereocenters. The van der Waals surface area contributed by atoms with Crippen LogP contribution in [0, 0.1) is 0 Å². The van der Waals surface area contributed by atoms with Crippen LogP contribution in [0.2, 0.25) is 0 Å². The summed E-state index contributed by atoms with van der Waals surface area (Å²) in [5.74, 6) is -0.488. The van der Waals surface area contributed by atoms with Gasteiger partial charge >= 0.3 is 0 Å². The molecule has 4 aromatic rings. The lowest BCUT2D eigenvalue weighted by atomic mass is 10.1. The van der Waals surface area contributed by atoms with Gasteiger partial charge in [0.2, 0.25) is 15.0 Å². The molecule has 0 aliphatic carbocycles. The van der Waals surface area contributed by atoms with Crippen LogP contribution in [0.4, 0.5) is 5.69 Å². The zero-order valence-corrected chi connectivity index (χ0v) is 15.1. The van der Waals surface area contributed by atoms with Crippen LogP contribution in [-0.2, 0) is 9.84 Å². The molecule has 3 heterocycles. The van der Waals surface area contributed by atoms with Crippen LogP contribution in [0.5, 0.6) is 0 Å². The Balaban J connectivity index is 1.71. The quantitative estimate of drug-likeness (QED) is 0.564. The summed E-state index contributed by atoms with van der Waals surface area (Å²) in [5, 5.41) is 9.27. The number of pyridine rings is 1. The van der Waals surface area contributed by atoms with Crippen molar-refractivity contribution >= 4 is 26.9 Å². The molecular weight excluding hydrogens is 366 g/mol. The Kier molecular flexibility index (Phi) is 4.00. The van der Waals surface area contributed by atoms with Crippen molar-refractivity contribution in [3.05, 3.63) is 66.7 Å². The van der Waals surface area contributed by atoms with Gasteiger partial charge in [0.1, 0.15) is 0 Å². The van der Waals surface area contributed by atoms with Gasteiger partial charge in [-0.15, -0.1) is 0 Å². The first-order chi connectivity index (χ1) is 12.9. The lowest BCUT2D eigenvalue weighted by molar-refractivity contribution is 0.102. The van der Waals surface area contributed by atoms with Crippen LogP contribution < -0.4 is 5.32 Å². The number of imidazole rings is 1. The average molecular weight is 381 g/mol. The summed E-state index contributed by atoms with van der Waals surface area (Å²) in [7, 11) is -3.59. The fraction of sp³-hybridized carbons (Fsp3) is 0.0556. The fourth-order valence-electron chi connectivity index (χ4n) is 2.81. The topological polar surface area (TPSA) is 109 Å². The van der Waals surface area contributed by atoms with Crippen LogP contribution in [0.25, 0.3) is 16.6 Å². The van der Waals surface area contributed by atoms with Crippen LogP contribution in [0.15, 0.2) is 66.2 Å². The first kappa shape index (κ1) is 17.0. The summed E-state index contributed by atoms with van der Waals surface area (Å²) < 4.78 is 25.4. The second kappa shape index (κ2) is 6.36. The van der Waals surface area contributed by atoms with Gasteiger partial charge in [-0.1, -0.05) is 18.2 Å². The number of anilines is 1. The van der Waals surface area contributed by atoms with Crippen molar-refractivity contribution < 1.29 is 13.2 Å². The fourth-order valence-corrected chi connectivity index (χ4v) is 3.59. The van der Waals surface area contributed by atoms with Crippen molar-refractivity contribution in [3.8, 4) is 11.1 Å². The van der Waals surface area contributed by atoms with E-state index in [1.807, 2.05) is 12.1 Å². The average Bonchev–Trinajstić information content (AvgIpc) is 3.29. The Morgan fingerprint density at radius 3 is 2.74 bits per heavy atom. The summed E-state index contributed by atoms with van der Waals surface area (Å²) in [6.45, 7) is 0. The maximum Gasteiger partial charge on any atom is 0.276 e. The van der Waals surface area contributed by atoms with Gasteiger partial charge in [0.25, 0.3) is 5.91 Å². The molecule has 0 radical (unpaired) electrons. The van der Waals surface area contributed by atoms with E-state index in [0.717, 1.165) is 17.4 Å². The highest BCUT2D eigenvalue weighted by Crippen LogP contribution is 2.23. The monoisotopic (exact) mass is 381 g/mol. The number of nitrogens with one attached hydrogen (secondary N) is 2. The Morgan fingerprint density at radius 2 is 2.00 bits per heavy atom. The van der Waals surface area contributed by atoms with Gasteiger partial charge < -0.3 is 5.32 Å². The van der Waals surface area contributed by atoms with Crippen molar-refractivity contribution in [1.29, 1.82) is 0 Å². The minimum atomic E-state index is -3.59. The van der Waals surface area contributed by atoms with Crippen LogP contribution in [0.1, 0.15) is 10.5 Å². The molecule has 27 heavy (non-hydrogen) atoms. The van der Waals surface area contributed by atoms with Gasteiger partial charge in [-0.3, -0.25) is 14.3 Å². The number of aromatic nitrogens is 4. The van der Waals surface area contributed by atoms with Crippen molar-refractivity contribution in [2.24, 2.45) is 0 Å². The predicted molar refractivity (Wildman–Crippen MR) is 100 cm³/mol. The van der Waals surface area contributed by atoms with Gasteiger partial charge in [0.15, 0.2) is 5.69 Å². The van der Waals surface area contributed by atoms with Crippen LogP contribution in [0.3, 0.4) is 0 Å². The molecule has 4 rings (SSSR count). The number of rotatable bonds is 4. The van der Waals surface area contributed by atoms with E-state index in [9.17, 15) is 13.2 Å². The number of carbonyl (C=O) groups is 1. The molecule has 1 amide bonds. The van der Waals surface area contributed by atoms with E-state index >= 15 is 0 Å². The number of benzene rings is 1. The number of nitrogens with zero attached hydrogens (tertiary/aromatic N) is 3. The molecule has 0 fully saturated rings. The first-order valence-corrected chi connectivity index (χ1v) is 9.90. The van der Waals surface area contributed by atoms with Gasteiger partial charge in [-0.25, -0.2) is 13.4 Å². The predicted octanol–water partition coefficient (Wildman–Crippen LogP) is 2.38. The van der Waals surface area contributed by atoms with Gasteiger partial charge in [0, 0.05) is 29.9 Å². The van der Waals surface area contributed by atoms with E-state index in [1.165, 1.54) is 4.40 Å². The summed E-state index contributed by atoms with van der Waals surface area (Å²) in [6.07, 6.45) is 6.06. The molecular formula is C18H15N5O3S. The van der Waals surface area contributed by atoms with Crippen molar-refractivity contribution in [3.63, 3.8) is 0 Å². The second-order valence-corrected chi connectivity index (χ2v) is 7.90. The molecule has 1 aromatic carbocycles. The number of sulfone groups is 1. The molecule has 0 spiro atoms. The lowest BCUT2D eigenvalue weighted by Crippen LogP contribution is -2.13. The molecule has 0 bridgehead atoms. The third-order valence-corrected chi connectivity index (χ3v) is 4.97. The molecule has 0 saturated heterocycles. The molecule has 136 valence electrons. The number of aromatic amines is 1. The normalized spacial score (nSPS) is 11.6. The Hall–Kier alpha value is -3.46. The molecule has 8 nitrogen and oxygen atoms in total. The summed E-state index contributed by atoms with van der Waals surface area (Å²) >= 11 is 0. The van der Waals surface area contributed by atoms with Gasteiger partial charge in [0.05, 0.1) is 11.7 Å². The number of hydrogen-bond acceptors (Lipinski definition) is 5. The maximum atomic E-state index is 12.8. The number of H-pyrrole nitrogens is 1. The van der Waals surface area contributed by atoms with E-state index in [-0.39, 0.29) is 10.9 Å². The molecule has 0 saturated carbocycles. The number of hydrogen-bond donors (Lipinski definition) is 2. The van der Waals surface area contributed by atoms with Crippen molar-refractivity contribution in [2.75, 3.05) is 11.6 Å². The maximum absolute atomic E-state index is 12.8. The van der Waals surface area contributed by atoms with E-state index in [1.54, 1.807) is 48.9 Å². The van der Waals surface area contributed by atoms with Crippen molar-refractivity contribution in [1.82, 2.24) is 19.6 Å². The zero-order valence-electron chi connectivity index (χ0n) is 14.2. The highest BCUT2D eigenvalue weighted by Gasteiger charge is 2.22. The number of fused-ring (bicyclic) bond motifs is 1. The minimum absolute atomic E-state index is 0.0461. The molecule has 2 N–H and O–H groups in total. The third kappa shape index (κ3) is 3.20. The Labute approximate surface area is 154 Å². The molecule has 0 aliphatic heterocycles. The molecule has 0 atom stereocenters. The zero-order chi connectivity index (χ0) is 19.0. The Bertz CT molecular complexity index is 1240. The molecule has 3 aromatic heterocycles. The van der Waals surface area contributed by atoms with Gasteiger partial charge in [-0.2, -0.15) is 5.10 Å². The Morgan fingerprint density at radius 1 is 1.15 bits per heavy atom. The summed E-state index contributed by atoms with van der Waals surface area (Å²) in [4.78, 5) is 16.8. The van der Waals surface area contributed by atoms with E-state index in [4.69, 9.17) is 0 Å². The van der Waals surface area contributed by atoms with Crippen molar-refractivity contribution in [2.45, 2.75) is 5.16 Å². The highest BCUT2D eigenvalue weighted by atomic mass is 32.2. The smallest absolute Gasteiger partial charge is 0.276 e. The summed E-state index contributed by atoms with van der Waals surface area (Å²) in [6, 6.07) is 12.3. The SMILES string of the molecule is CS(=O)(=O)c1nc(C(=O)Nc2cccc(-c3cn[nH]c3)c2)c2ccccn12. The van der Waals surface area contributed by atoms with Gasteiger partial charge in [-0.05, 0) is 29.8 Å². The highest BCUT2D eigenvalue weighted by molar-refractivity contribution is 7.90. The molecule has 0 aliphatic rings. The standard InChI is InChI=1S/C18H15N5O3S/c1-27(25,26)18-22-16(15-7-2-3-8-23(15)18)17(24)21-14-6-4-5-12(9-14)13-10-19-20-11-13/h2-11H,1H3,(H,19,20)(H,21,24).